The quantitative estimate of drug-likeness (QED) is 0.482. The lowest BCUT2D eigenvalue weighted by atomic mass is 10.2. The lowest BCUT2D eigenvalue weighted by Gasteiger charge is -2.02. The molecule has 0 radical (unpaired) electrons. The van der Waals surface area contributed by atoms with E-state index in [4.69, 9.17) is 5.84 Å². The second-order valence-electron chi connectivity index (χ2n) is 2.59. The summed E-state index contributed by atoms with van der Waals surface area (Å²) in [6, 6.07) is 4.02. The van der Waals surface area contributed by atoms with Crippen molar-refractivity contribution in [1.29, 1.82) is 0 Å². The van der Waals surface area contributed by atoms with Crippen molar-refractivity contribution < 1.29 is 0 Å². The van der Waals surface area contributed by atoms with Crippen molar-refractivity contribution in [3.05, 3.63) is 29.1 Å². The Labute approximate surface area is 66.6 Å². The summed E-state index contributed by atoms with van der Waals surface area (Å²) in [6.45, 7) is 4.67. The SMILES string of the molecule is Cc1ccc(CNN)nc1C. The molecule has 0 unspecified atom stereocenters. The van der Waals surface area contributed by atoms with E-state index in [0.29, 0.717) is 6.54 Å². The highest BCUT2D eigenvalue weighted by Gasteiger charge is 1.95. The number of hydrogen-bond acceptors (Lipinski definition) is 3. The molecule has 1 heterocycles. The van der Waals surface area contributed by atoms with E-state index in [9.17, 15) is 0 Å². The predicted molar refractivity (Wildman–Crippen MR) is 44.7 cm³/mol. The fourth-order valence-electron chi connectivity index (χ4n) is 0.886. The van der Waals surface area contributed by atoms with Crippen molar-refractivity contribution in [2.24, 2.45) is 5.84 Å². The fourth-order valence-corrected chi connectivity index (χ4v) is 0.886. The van der Waals surface area contributed by atoms with Gasteiger partial charge < -0.3 is 0 Å². The summed E-state index contributed by atoms with van der Waals surface area (Å²) in [4.78, 5) is 4.32. The highest BCUT2D eigenvalue weighted by molar-refractivity contribution is 5.20. The second-order valence-corrected chi connectivity index (χ2v) is 2.59. The lowest BCUT2D eigenvalue weighted by molar-refractivity contribution is 0.720. The van der Waals surface area contributed by atoms with Crippen LogP contribution >= 0.6 is 0 Å². The first-order chi connectivity index (χ1) is 5.24. The zero-order chi connectivity index (χ0) is 8.27. The van der Waals surface area contributed by atoms with Gasteiger partial charge in [0.2, 0.25) is 0 Å². The van der Waals surface area contributed by atoms with E-state index < -0.39 is 0 Å². The van der Waals surface area contributed by atoms with Gasteiger partial charge in [0.1, 0.15) is 0 Å². The van der Waals surface area contributed by atoms with E-state index in [1.54, 1.807) is 0 Å². The number of hydrogen-bond donors (Lipinski definition) is 2. The van der Waals surface area contributed by atoms with E-state index >= 15 is 0 Å². The van der Waals surface area contributed by atoms with E-state index in [0.717, 1.165) is 11.4 Å². The molecule has 1 aromatic rings. The Morgan fingerprint density at radius 1 is 1.45 bits per heavy atom. The van der Waals surface area contributed by atoms with E-state index in [1.165, 1.54) is 5.56 Å². The summed E-state index contributed by atoms with van der Waals surface area (Å²) in [5, 5.41) is 0. The van der Waals surface area contributed by atoms with Crippen molar-refractivity contribution in [3.63, 3.8) is 0 Å². The van der Waals surface area contributed by atoms with Crippen LogP contribution in [0.1, 0.15) is 17.0 Å². The molecule has 3 N–H and O–H groups in total. The largest absolute Gasteiger partial charge is 0.271 e. The molecule has 60 valence electrons. The van der Waals surface area contributed by atoms with Crippen molar-refractivity contribution in [2.75, 3.05) is 0 Å². The molecule has 3 heteroatoms. The third-order valence-corrected chi connectivity index (χ3v) is 1.69. The molecule has 0 saturated heterocycles. The van der Waals surface area contributed by atoms with Gasteiger partial charge in [-0.3, -0.25) is 16.3 Å². The summed E-state index contributed by atoms with van der Waals surface area (Å²) in [5.74, 6) is 5.16. The number of rotatable bonds is 2. The first-order valence-corrected chi connectivity index (χ1v) is 3.60. The third-order valence-electron chi connectivity index (χ3n) is 1.69. The molecule has 1 aromatic heterocycles. The van der Waals surface area contributed by atoms with Crippen molar-refractivity contribution in [2.45, 2.75) is 20.4 Å². The van der Waals surface area contributed by atoms with Gasteiger partial charge in [0, 0.05) is 5.69 Å². The Balaban J connectivity index is 2.86. The summed E-state index contributed by atoms with van der Waals surface area (Å²) in [7, 11) is 0. The molecule has 1 rings (SSSR count). The average Bonchev–Trinajstić information content (AvgIpc) is 1.98. The van der Waals surface area contributed by atoms with Crippen LogP contribution in [-0.2, 0) is 6.54 Å². The molecule has 0 aliphatic rings. The van der Waals surface area contributed by atoms with Gasteiger partial charge in [-0.2, -0.15) is 0 Å². The molecule has 0 fully saturated rings. The summed E-state index contributed by atoms with van der Waals surface area (Å²) in [5.41, 5.74) is 5.83. The summed E-state index contributed by atoms with van der Waals surface area (Å²) in [6.07, 6.45) is 0. The topological polar surface area (TPSA) is 50.9 Å². The number of nitrogens with two attached hydrogens (primary N) is 1. The predicted octanol–water partition coefficient (Wildman–Crippen LogP) is 0.662. The average molecular weight is 151 g/mol. The Bertz CT molecular complexity index is 245. The molecule has 0 aliphatic heterocycles. The minimum atomic E-state index is 0.626. The Morgan fingerprint density at radius 2 is 2.18 bits per heavy atom. The molecular weight excluding hydrogens is 138 g/mol. The van der Waals surface area contributed by atoms with Gasteiger partial charge in [-0.05, 0) is 25.5 Å². The van der Waals surface area contributed by atoms with Crippen LogP contribution in [0.5, 0.6) is 0 Å². The maximum absolute atomic E-state index is 5.16. The van der Waals surface area contributed by atoms with Crippen LogP contribution in [0.15, 0.2) is 12.1 Å². The van der Waals surface area contributed by atoms with Crippen molar-refractivity contribution in [1.82, 2.24) is 10.4 Å². The zero-order valence-electron chi connectivity index (χ0n) is 6.89. The smallest absolute Gasteiger partial charge is 0.0559 e. The first-order valence-electron chi connectivity index (χ1n) is 3.60. The number of aryl methyl sites for hydroxylation is 2. The molecule has 0 bridgehead atoms. The van der Waals surface area contributed by atoms with Crippen LogP contribution in [0.25, 0.3) is 0 Å². The van der Waals surface area contributed by atoms with Crippen molar-refractivity contribution in [3.8, 4) is 0 Å². The maximum Gasteiger partial charge on any atom is 0.0559 e. The number of hydrazine groups is 1. The van der Waals surface area contributed by atoms with Crippen molar-refractivity contribution >= 4 is 0 Å². The van der Waals surface area contributed by atoms with Crippen LogP contribution in [0.4, 0.5) is 0 Å². The molecule has 0 aliphatic carbocycles. The van der Waals surface area contributed by atoms with Crippen LogP contribution in [0.3, 0.4) is 0 Å². The molecular formula is C8H13N3. The highest BCUT2D eigenvalue weighted by atomic mass is 15.2. The standard InChI is InChI=1S/C8H13N3/c1-6-3-4-8(5-10-9)11-7(6)2/h3-4,10H,5,9H2,1-2H3. The third kappa shape index (κ3) is 2.00. The number of aromatic nitrogens is 1. The Kier molecular flexibility index (Phi) is 2.57. The van der Waals surface area contributed by atoms with Crippen LogP contribution in [0.2, 0.25) is 0 Å². The molecule has 0 aromatic carbocycles. The zero-order valence-corrected chi connectivity index (χ0v) is 6.89. The Morgan fingerprint density at radius 3 is 2.73 bits per heavy atom. The van der Waals surface area contributed by atoms with Crippen LogP contribution in [-0.4, -0.2) is 4.98 Å². The number of pyridine rings is 1. The van der Waals surface area contributed by atoms with E-state index in [2.05, 4.69) is 16.5 Å². The van der Waals surface area contributed by atoms with Gasteiger partial charge in [-0.15, -0.1) is 0 Å². The lowest BCUT2D eigenvalue weighted by Crippen LogP contribution is -2.21. The molecule has 0 atom stereocenters. The summed E-state index contributed by atoms with van der Waals surface area (Å²) < 4.78 is 0. The second kappa shape index (κ2) is 3.46. The van der Waals surface area contributed by atoms with Gasteiger partial charge in [-0.1, -0.05) is 6.07 Å². The van der Waals surface area contributed by atoms with E-state index in [1.807, 2.05) is 19.9 Å². The van der Waals surface area contributed by atoms with E-state index in [-0.39, 0.29) is 0 Å². The Hall–Kier alpha value is -0.930. The van der Waals surface area contributed by atoms with Gasteiger partial charge in [0.25, 0.3) is 0 Å². The summed E-state index contributed by atoms with van der Waals surface area (Å²) >= 11 is 0. The maximum atomic E-state index is 5.16. The van der Waals surface area contributed by atoms with Crippen LogP contribution < -0.4 is 11.3 Å². The van der Waals surface area contributed by atoms with Gasteiger partial charge in [0.15, 0.2) is 0 Å². The molecule has 0 saturated carbocycles. The number of nitrogens with zero attached hydrogens (tertiary/aromatic N) is 1. The fraction of sp³-hybridized carbons (Fsp3) is 0.375. The van der Waals surface area contributed by atoms with Gasteiger partial charge in [-0.25, -0.2) is 0 Å². The van der Waals surface area contributed by atoms with Crippen LogP contribution in [0, 0.1) is 13.8 Å². The molecule has 0 spiro atoms. The normalized spacial score (nSPS) is 10.1. The van der Waals surface area contributed by atoms with Gasteiger partial charge >= 0.3 is 0 Å². The minimum absolute atomic E-state index is 0.626. The minimum Gasteiger partial charge on any atom is -0.271 e. The molecule has 11 heavy (non-hydrogen) atoms. The molecule has 3 nitrogen and oxygen atoms in total. The van der Waals surface area contributed by atoms with Gasteiger partial charge in [0.05, 0.1) is 12.2 Å². The first kappa shape index (κ1) is 8.17. The highest BCUT2D eigenvalue weighted by Crippen LogP contribution is 2.03. The number of nitrogens with one attached hydrogen (secondary N) is 1. The monoisotopic (exact) mass is 151 g/mol. The molecule has 0 amide bonds.